The summed E-state index contributed by atoms with van der Waals surface area (Å²) in [5, 5.41) is 40.3. The van der Waals surface area contributed by atoms with E-state index in [2.05, 4.69) is 5.32 Å². The molecule has 22 heavy (non-hydrogen) atoms. The average Bonchev–Trinajstić information content (AvgIpc) is 2.54. The van der Waals surface area contributed by atoms with Crippen molar-refractivity contribution in [2.75, 3.05) is 6.54 Å². The average molecular weight is 313 g/mol. The number of alkyl carbamates (subject to hydrolysis) is 1. The van der Waals surface area contributed by atoms with Crippen molar-refractivity contribution >= 4 is 6.09 Å². The number of benzene rings is 1. The van der Waals surface area contributed by atoms with Gasteiger partial charge in [-0.15, -0.1) is 0 Å². The van der Waals surface area contributed by atoms with Crippen molar-refractivity contribution in [2.24, 2.45) is 0 Å². The van der Waals surface area contributed by atoms with Crippen LogP contribution in [0.2, 0.25) is 0 Å². The first-order chi connectivity index (χ1) is 10.5. The lowest BCUT2D eigenvalue weighted by atomic mass is 9.99. The SMILES string of the molecule is O=C(NC[C@H]1O[C@H](O)[C@@H](O)[C@@H](O)[C@H]1O)OCc1ccccc1. The molecule has 0 radical (unpaired) electrons. The van der Waals surface area contributed by atoms with Crippen LogP contribution in [0, 0.1) is 0 Å². The van der Waals surface area contributed by atoms with Gasteiger partial charge in [-0.1, -0.05) is 30.3 Å². The van der Waals surface area contributed by atoms with Gasteiger partial charge in [-0.25, -0.2) is 4.79 Å². The number of carbonyl (C=O) groups excluding carboxylic acids is 1. The molecule has 1 fully saturated rings. The predicted octanol–water partition coefficient (Wildman–Crippen LogP) is -1.29. The van der Waals surface area contributed by atoms with Gasteiger partial charge in [-0.2, -0.15) is 0 Å². The largest absolute Gasteiger partial charge is 0.445 e. The fraction of sp³-hybridized carbons (Fsp3) is 0.500. The fourth-order valence-electron chi connectivity index (χ4n) is 2.06. The number of carbonyl (C=O) groups is 1. The molecule has 0 unspecified atom stereocenters. The molecule has 0 spiro atoms. The summed E-state index contributed by atoms with van der Waals surface area (Å²) in [6, 6.07) is 9.08. The Hall–Kier alpha value is -1.71. The van der Waals surface area contributed by atoms with Crippen LogP contribution in [0.3, 0.4) is 0 Å². The maximum absolute atomic E-state index is 11.5. The van der Waals surface area contributed by atoms with Crippen LogP contribution in [0.4, 0.5) is 4.79 Å². The zero-order valence-electron chi connectivity index (χ0n) is 11.7. The molecule has 1 aliphatic rings. The van der Waals surface area contributed by atoms with E-state index in [0.717, 1.165) is 5.56 Å². The number of aliphatic hydroxyl groups excluding tert-OH is 4. The number of nitrogens with one attached hydrogen (secondary N) is 1. The topological polar surface area (TPSA) is 128 Å². The standard InChI is InChI=1S/C14H19NO7/c16-10-9(22-13(19)12(18)11(10)17)6-15-14(20)21-7-8-4-2-1-3-5-8/h1-5,9-13,16-19H,6-7H2,(H,15,20)/t9-,10+,11+,12+,13+/m1/s1. The van der Waals surface area contributed by atoms with Gasteiger partial charge in [0.2, 0.25) is 0 Å². The minimum absolute atomic E-state index is 0.0880. The maximum Gasteiger partial charge on any atom is 0.407 e. The molecule has 5 N–H and O–H groups in total. The Labute approximate surface area is 126 Å². The molecule has 8 nitrogen and oxygen atoms in total. The minimum Gasteiger partial charge on any atom is -0.445 e. The summed E-state index contributed by atoms with van der Waals surface area (Å²) in [4.78, 5) is 11.5. The van der Waals surface area contributed by atoms with Crippen molar-refractivity contribution < 1.29 is 34.7 Å². The zero-order valence-corrected chi connectivity index (χ0v) is 11.7. The summed E-state index contributed by atoms with van der Waals surface area (Å²) in [7, 11) is 0. The molecule has 122 valence electrons. The molecule has 1 aromatic rings. The highest BCUT2D eigenvalue weighted by atomic mass is 16.6. The molecule has 0 aliphatic carbocycles. The van der Waals surface area contributed by atoms with E-state index in [9.17, 15) is 25.2 Å². The van der Waals surface area contributed by atoms with Crippen LogP contribution in [0.15, 0.2) is 30.3 Å². The molecule has 0 bridgehead atoms. The second-order valence-electron chi connectivity index (χ2n) is 4.98. The van der Waals surface area contributed by atoms with Crippen molar-refractivity contribution in [3.05, 3.63) is 35.9 Å². The third kappa shape index (κ3) is 4.15. The monoisotopic (exact) mass is 313 g/mol. The van der Waals surface area contributed by atoms with Crippen molar-refractivity contribution in [2.45, 2.75) is 37.3 Å². The van der Waals surface area contributed by atoms with Crippen molar-refractivity contribution in [3.8, 4) is 0 Å². The summed E-state index contributed by atoms with van der Waals surface area (Å²) < 4.78 is 9.89. The molecule has 5 atom stereocenters. The van der Waals surface area contributed by atoms with Gasteiger partial charge in [0.25, 0.3) is 0 Å². The van der Waals surface area contributed by atoms with E-state index in [-0.39, 0.29) is 13.2 Å². The third-order valence-corrected chi connectivity index (χ3v) is 3.35. The molecule has 1 aliphatic heterocycles. The van der Waals surface area contributed by atoms with Crippen LogP contribution in [0.5, 0.6) is 0 Å². The van der Waals surface area contributed by atoms with Gasteiger partial charge in [0, 0.05) is 6.54 Å². The Morgan fingerprint density at radius 1 is 1.09 bits per heavy atom. The van der Waals surface area contributed by atoms with Crippen LogP contribution in [-0.4, -0.2) is 63.8 Å². The van der Waals surface area contributed by atoms with Crippen molar-refractivity contribution in [1.82, 2.24) is 5.32 Å². The van der Waals surface area contributed by atoms with Gasteiger partial charge in [0.05, 0.1) is 0 Å². The molecule has 2 rings (SSSR count). The van der Waals surface area contributed by atoms with E-state index >= 15 is 0 Å². The molecule has 0 aromatic heterocycles. The number of hydrogen-bond acceptors (Lipinski definition) is 7. The molecular weight excluding hydrogens is 294 g/mol. The molecular formula is C14H19NO7. The van der Waals surface area contributed by atoms with Crippen LogP contribution in [0.25, 0.3) is 0 Å². The van der Waals surface area contributed by atoms with Crippen LogP contribution >= 0.6 is 0 Å². The summed E-state index contributed by atoms with van der Waals surface area (Å²) in [5.41, 5.74) is 0.820. The lowest BCUT2D eigenvalue weighted by molar-refractivity contribution is -0.280. The van der Waals surface area contributed by atoms with Gasteiger partial charge < -0.3 is 35.2 Å². The molecule has 1 heterocycles. The number of rotatable bonds is 4. The highest BCUT2D eigenvalue weighted by Gasteiger charge is 2.42. The number of ether oxygens (including phenoxy) is 2. The molecule has 8 heteroatoms. The van der Waals surface area contributed by atoms with Gasteiger partial charge >= 0.3 is 6.09 Å². The van der Waals surface area contributed by atoms with Gasteiger partial charge in [-0.3, -0.25) is 0 Å². The van der Waals surface area contributed by atoms with E-state index in [1.807, 2.05) is 18.2 Å². The first-order valence-corrected chi connectivity index (χ1v) is 6.81. The van der Waals surface area contributed by atoms with Crippen LogP contribution < -0.4 is 5.32 Å². The Balaban J connectivity index is 1.76. The Morgan fingerprint density at radius 3 is 2.45 bits per heavy atom. The second-order valence-corrected chi connectivity index (χ2v) is 4.98. The first-order valence-electron chi connectivity index (χ1n) is 6.81. The quantitative estimate of drug-likeness (QED) is 0.468. The van der Waals surface area contributed by atoms with Crippen molar-refractivity contribution in [3.63, 3.8) is 0 Å². The summed E-state index contributed by atoms with van der Waals surface area (Å²) in [5.74, 6) is 0. The van der Waals surface area contributed by atoms with Gasteiger partial charge in [0.15, 0.2) is 6.29 Å². The minimum atomic E-state index is -1.63. The highest BCUT2D eigenvalue weighted by Crippen LogP contribution is 2.19. The summed E-state index contributed by atoms with van der Waals surface area (Å²) >= 11 is 0. The lowest BCUT2D eigenvalue weighted by Crippen LogP contribution is -2.60. The van der Waals surface area contributed by atoms with E-state index in [1.165, 1.54) is 0 Å². The third-order valence-electron chi connectivity index (χ3n) is 3.35. The Morgan fingerprint density at radius 2 is 1.77 bits per heavy atom. The smallest absolute Gasteiger partial charge is 0.407 e. The maximum atomic E-state index is 11.5. The highest BCUT2D eigenvalue weighted by molar-refractivity contribution is 5.67. The zero-order chi connectivity index (χ0) is 16.1. The van der Waals surface area contributed by atoms with E-state index in [0.29, 0.717) is 0 Å². The number of amides is 1. The summed E-state index contributed by atoms with van der Waals surface area (Å²) in [6.07, 6.45) is -8.02. The Bertz CT molecular complexity index is 483. The fourth-order valence-corrected chi connectivity index (χ4v) is 2.06. The molecule has 1 saturated heterocycles. The van der Waals surface area contributed by atoms with E-state index in [1.54, 1.807) is 12.1 Å². The van der Waals surface area contributed by atoms with E-state index < -0.39 is 36.8 Å². The van der Waals surface area contributed by atoms with Crippen molar-refractivity contribution in [1.29, 1.82) is 0 Å². The second kappa shape index (κ2) is 7.52. The van der Waals surface area contributed by atoms with Gasteiger partial charge in [0.1, 0.15) is 31.0 Å². The summed E-state index contributed by atoms with van der Waals surface area (Å²) in [6.45, 7) is -0.0969. The normalized spacial score (nSPS) is 31.5. The van der Waals surface area contributed by atoms with E-state index in [4.69, 9.17) is 9.47 Å². The molecule has 0 saturated carbocycles. The Kier molecular flexibility index (Phi) is 5.69. The van der Waals surface area contributed by atoms with Crippen LogP contribution in [0.1, 0.15) is 5.56 Å². The predicted molar refractivity (Wildman–Crippen MR) is 73.5 cm³/mol. The molecule has 1 aromatic carbocycles. The molecule has 1 amide bonds. The van der Waals surface area contributed by atoms with Gasteiger partial charge in [-0.05, 0) is 5.56 Å². The first kappa shape index (κ1) is 16.7. The number of hydrogen-bond donors (Lipinski definition) is 5. The lowest BCUT2D eigenvalue weighted by Gasteiger charge is -2.38. The number of aliphatic hydroxyl groups is 4. The van der Waals surface area contributed by atoms with Crippen LogP contribution in [-0.2, 0) is 16.1 Å².